The highest BCUT2D eigenvalue weighted by atomic mass is 32.2. The number of H-pyrrole nitrogens is 1. The molecule has 3 N–H and O–H groups in total. The number of aryl methyl sites for hydroxylation is 1. The third-order valence-corrected chi connectivity index (χ3v) is 2.71. The fourth-order valence-corrected chi connectivity index (χ4v) is 2.15. The number of nitrogens with one attached hydrogen (secondary N) is 1. The molecule has 0 aromatic carbocycles. The molecule has 2 rings (SSSR count). The summed E-state index contributed by atoms with van der Waals surface area (Å²) in [7, 11) is 0. The van der Waals surface area contributed by atoms with Gasteiger partial charge in [0.2, 0.25) is 0 Å². The molecule has 3 nitrogen and oxygen atoms in total. The monoisotopic (exact) mass is 155 g/mol. The molecule has 0 saturated carbocycles. The Balaban J connectivity index is 2.45. The fourth-order valence-electron chi connectivity index (χ4n) is 1.13. The molecule has 10 heavy (non-hydrogen) atoms. The maximum Gasteiger partial charge on any atom is 0.149 e. The second kappa shape index (κ2) is 2.20. The number of hydrogen-bond acceptors (Lipinski definition) is 3. The van der Waals surface area contributed by atoms with Crippen LogP contribution in [-0.4, -0.2) is 16.0 Å². The normalized spacial score (nSPS) is 16.8. The second-order valence-electron chi connectivity index (χ2n) is 2.37. The molecule has 0 aliphatic carbocycles. The molecular weight excluding hydrogens is 146 g/mol. The Morgan fingerprint density at radius 1 is 1.60 bits per heavy atom. The number of aromatic amines is 1. The van der Waals surface area contributed by atoms with Gasteiger partial charge < -0.3 is 5.73 Å². The Hall–Kier alpha value is -0.640. The number of nitrogens with two attached hydrogens (primary N) is 1. The molecule has 0 atom stereocenters. The third-order valence-electron chi connectivity index (χ3n) is 1.73. The van der Waals surface area contributed by atoms with E-state index in [2.05, 4.69) is 10.2 Å². The summed E-state index contributed by atoms with van der Waals surface area (Å²) in [6.45, 7) is 0. The van der Waals surface area contributed by atoms with Crippen molar-refractivity contribution in [2.24, 2.45) is 0 Å². The minimum Gasteiger partial charge on any atom is -0.382 e. The molecule has 2 heterocycles. The van der Waals surface area contributed by atoms with Gasteiger partial charge in [0.05, 0.1) is 0 Å². The summed E-state index contributed by atoms with van der Waals surface area (Å²) in [5.41, 5.74) is 8.06. The van der Waals surface area contributed by atoms with E-state index in [4.69, 9.17) is 5.73 Å². The SMILES string of the molecule is Nc1n[nH]c2c1CSCC2. The van der Waals surface area contributed by atoms with Crippen LogP contribution in [0.15, 0.2) is 0 Å². The highest BCUT2D eigenvalue weighted by molar-refractivity contribution is 7.98. The van der Waals surface area contributed by atoms with Gasteiger partial charge >= 0.3 is 0 Å². The van der Waals surface area contributed by atoms with Crippen LogP contribution in [0.4, 0.5) is 5.82 Å². The molecule has 1 aliphatic rings. The Bertz CT molecular complexity index is 243. The van der Waals surface area contributed by atoms with Crippen LogP contribution in [0.3, 0.4) is 0 Å². The van der Waals surface area contributed by atoms with Crippen LogP contribution in [-0.2, 0) is 12.2 Å². The van der Waals surface area contributed by atoms with E-state index >= 15 is 0 Å². The summed E-state index contributed by atoms with van der Waals surface area (Å²) in [6.07, 6.45) is 1.09. The molecule has 54 valence electrons. The van der Waals surface area contributed by atoms with Gasteiger partial charge in [0.15, 0.2) is 0 Å². The van der Waals surface area contributed by atoms with Crippen molar-refractivity contribution in [2.45, 2.75) is 12.2 Å². The van der Waals surface area contributed by atoms with Crippen molar-refractivity contribution in [3.63, 3.8) is 0 Å². The Morgan fingerprint density at radius 2 is 2.50 bits per heavy atom. The van der Waals surface area contributed by atoms with Crippen molar-refractivity contribution >= 4 is 17.6 Å². The first-order chi connectivity index (χ1) is 4.88. The van der Waals surface area contributed by atoms with E-state index < -0.39 is 0 Å². The first-order valence-corrected chi connectivity index (χ1v) is 4.43. The third kappa shape index (κ3) is 0.794. The van der Waals surface area contributed by atoms with Crippen LogP contribution in [0.2, 0.25) is 0 Å². The minimum atomic E-state index is 0.683. The van der Waals surface area contributed by atoms with Crippen LogP contribution in [0.25, 0.3) is 0 Å². The van der Waals surface area contributed by atoms with E-state index in [1.807, 2.05) is 11.8 Å². The van der Waals surface area contributed by atoms with Crippen LogP contribution in [0.5, 0.6) is 0 Å². The number of anilines is 1. The molecule has 1 aliphatic heterocycles. The zero-order valence-electron chi connectivity index (χ0n) is 5.55. The lowest BCUT2D eigenvalue weighted by atomic mass is 10.2. The van der Waals surface area contributed by atoms with Gasteiger partial charge in [-0.25, -0.2) is 0 Å². The number of hydrogen-bond donors (Lipinski definition) is 2. The van der Waals surface area contributed by atoms with Crippen molar-refractivity contribution in [3.8, 4) is 0 Å². The smallest absolute Gasteiger partial charge is 0.149 e. The first kappa shape index (κ1) is 6.09. The maximum atomic E-state index is 5.61. The van der Waals surface area contributed by atoms with Gasteiger partial charge in [-0.2, -0.15) is 16.9 Å². The van der Waals surface area contributed by atoms with E-state index in [9.17, 15) is 0 Å². The number of nitrogens with zero attached hydrogens (tertiary/aromatic N) is 1. The standard InChI is InChI=1S/C6H9N3S/c7-6-4-3-10-2-1-5(4)8-9-6/h1-3H2,(H3,7,8,9). The Morgan fingerprint density at radius 3 is 3.30 bits per heavy atom. The predicted octanol–water partition coefficient (Wildman–Crippen LogP) is 0.781. The van der Waals surface area contributed by atoms with Gasteiger partial charge in [0, 0.05) is 17.0 Å². The van der Waals surface area contributed by atoms with E-state index in [0.29, 0.717) is 5.82 Å². The van der Waals surface area contributed by atoms with Gasteiger partial charge in [-0.15, -0.1) is 0 Å². The molecule has 0 radical (unpaired) electrons. The van der Waals surface area contributed by atoms with E-state index in [1.165, 1.54) is 17.0 Å². The summed E-state index contributed by atoms with van der Waals surface area (Å²) in [6, 6.07) is 0. The molecule has 1 aromatic rings. The summed E-state index contributed by atoms with van der Waals surface area (Å²) in [4.78, 5) is 0. The molecule has 0 bridgehead atoms. The fraction of sp³-hybridized carbons (Fsp3) is 0.500. The summed E-state index contributed by atoms with van der Waals surface area (Å²) in [5, 5.41) is 6.88. The number of rotatable bonds is 0. The summed E-state index contributed by atoms with van der Waals surface area (Å²) in [5.74, 6) is 2.90. The average molecular weight is 155 g/mol. The number of nitrogen functional groups attached to an aromatic ring is 1. The molecular formula is C6H9N3S. The highest BCUT2D eigenvalue weighted by Gasteiger charge is 2.14. The van der Waals surface area contributed by atoms with Gasteiger partial charge in [0.25, 0.3) is 0 Å². The molecule has 4 heteroatoms. The Labute approximate surface area is 63.4 Å². The predicted molar refractivity (Wildman–Crippen MR) is 42.9 cm³/mol. The summed E-state index contributed by atoms with van der Waals surface area (Å²) >= 11 is 1.92. The highest BCUT2D eigenvalue weighted by Crippen LogP contribution is 2.26. The second-order valence-corrected chi connectivity index (χ2v) is 3.47. The minimum absolute atomic E-state index is 0.683. The van der Waals surface area contributed by atoms with E-state index in [-0.39, 0.29) is 0 Å². The van der Waals surface area contributed by atoms with Crippen LogP contribution in [0, 0.1) is 0 Å². The van der Waals surface area contributed by atoms with Gasteiger partial charge in [0.1, 0.15) is 5.82 Å². The van der Waals surface area contributed by atoms with Gasteiger partial charge in [-0.3, -0.25) is 5.10 Å². The Kier molecular flexibility index (Phi) is 1.34. The van der Waals surface area contributed by atoms with Crippen LogP contribution < -0.4 is 5.73 Å². The van der Waals surface area contributed by atoms with Crippen LogP contribution in [0.1, 0.15) is 11.3 Å². The van der Waals surface area contributed by atoms with Crippen molar-refractivity contribution in [1.82, 2.24) is 10.2 Å². The number of fused-ring (bicyclic) bond motifs is 1. The lowest BCUT2D eigenvalue weighted by Gasteiger charge is -2.08. The average Bonchev–Trinajstić information content (AvgIpc) is 2.34. The first-order valence-electron chi connectivity index (χ1n) is 3.27. The molecule has 0 amide bonds. The number of aromatic nitrogens is 2. The molecule has 0 unspecified atom stereocenters. The molecule has 1 aromatic heterocycles. The van der Waals surface area contributed by atoms with Gasteiger partial charge in [-0.1, -0.05) is 0 Å². The zero-order chi connectivity index (χ0) is 6.97. The van der Waals surface area contributed by atoms with Crippen molar-refractivity contribution in [2.75, 3.05) is 11.5 Å². The van der Waals surface area contributed by atoms with E-state index in [1.54, 1.807) is 0 Å². The quantitative estimate of drug-likeness (QED) is 0.582. The van der Waals surface area contributed by atoms with E-state index in [0.717, 1.165) is 12.2 Å². The van der Waals surface area contributed by atoms with Crippen molar-refractivity contribution in [1.29, 1.82) is 0 Å². The van der Waals surface area contributed by atoms with Crippen molar-refractivity contribution in [3.05, 3.63) is 11.3 Å². The zero-order valence-corrected chi connectivity index (χ0v) is 6.37. The number of thioether (sulfide) groups is 1. The lowest BCUT2D eigenvalue weighted by molar-refractivity contribution is 0.966. The maximum absolute atomic E-state index is 5.61. The van der Waals surface area contributed by atoms with Crippen LogP contribution >= 0.6 is 11.8 Å². The molecule has 0 spiro atoms. The largest absolute Gasteiger partial charge is 0.382 e. The summed E-state index contributed by atoms with van der Waals surface area (Å²) < 4.78 is 0. The molecule has 0 saturated heterocycles. The van der Waals surface area contributed by atoms with Gasteiger partial charge in [-0.05, 0) is 12.2 Å². The lowest BCUT2D eigenvalue weighted by Crippen LogP contribution is -2.01. The topological polar surface area (TPSA) is 54.7 Å². The molecule has 0 fully saturated rings. The van der Waals surface area contributed by atoms with Crippen molar-refractivity contribution < 1.29 is 0 Å².